The third-order valence-electron chi connectivity index (χ3n) is 12.2. The van der Waals surface area contributed by atoms with Gasteiger partial charge in [-0.15, -0.1) is 0 Å². The first-order chi connectivity index (χ1) is 31.0. The van der Waals surface area contributed by atoms with Gasteiger partial charge < -0.3 is 14.2 Å². The molecule has 63 heavy (non-hydrogen) atoms. The van der Waals surface area contributed by atoms with Crippen molar-refractivity contribution in [2.45, 2.75) is 297 Å². The molecule has 0 aromatic heterocycles. The molecule has 368 valence electrons. The number of ether oxygens (including phenoxy) is 3. The molecule has 0 amide bonds. The van der Waals surface area contributed by atoms with E-state index in [1.807, 2.05) is 0 Å². The lowest BCUT2D eigenvalue weighted by Crippen LogP contribution is -2.30. The fourth-order valence-electron chi connectivity index (χ4n) is 8.03. The molecule has 0 aliphatic rings. The van der Waals surface area contributed by atoms with Crippen LogP contribution in [-0.4, -0.2) is 37.2 Å². The topological polar surface area (TPSA) is 78.9 Å². The summed E-state index contributed by atoms with van der Waals surface area (Å²) in [5.74, 6) is -0.880. The number of hydrogen-bond donors (Lipinski definition) is 0. The number of unbranched alkanes of at least 4 members (excludes halogenated alkanes) is 35. The Morgan fingerprint density at radius 3 is 0.873 bits per heavy atom. The first kappa shape index (κ1) is 60.6. The van der Waals surface area contributed by atoms with Crippen molar-refractivity contribution in [1.29, 1.82) is 0 Å². The Bertz CT molecular complexity index is 1060. The zero-order valence-electron chi connectivity index (χ0n) is 42.1. The monoisotopic (exact) mass is 885 g/mol. The van der Waals surface area contributed by atoms with E-state index in [-0.39, 0.29) is 31.1 Å². The number of rotatable bonds is 50. The summed E-state index contributed by atoms with van der Waals surface area (Å²) in [4.78, 5) is 38.0. The molecule has 0 aromatic rings. The van der Waals surface area contributed by atoms with Crippen molar-refractivity contribution < 1.29 is 28.6 Å². The minimum absolute atomic E-state index is 0.0744. The van der Waals surface area contributed by atoms with E-state index in [4.69, 9.17) is 14.2 Å². The fourth-order valence-corrected chi connectivity index (χ4v) is 8.03. The second-order valence-electron chi connectivity index (χ2n) is 18.6. The third kappa shape index (κ3) is 50.5. The van der Waals surface area contributed by atoms with E-state index < -0.39 is 6.10 Å². The van der Waals surface area contributed by atoms with Crippen LogP contribution in [0.2, 0.25) is 0 Å². The van der Waals surface area contributed by atoms with Crippen molar-refractivity contribution in [3.8, 4) is 0 Å². The largest absolute Gasteiger partial charge is 0.462 e. The average Bonchev–Trinajstić information content (AvgIpc) is 3.28. The van der Waals surface area contributed by atoms with Gasteiger partial charge in [-0.3, -0.25) is 14.4 Å². The minimum atomic E-state index is -0.775. The Hall–Kier alpha value is -2.37. The molecule has 6 nitrogen and oxygen atoms in total. The second-order valence-corrected chi connectivity index (χ2v) is 18.6. The standard InChI is InChI=1S/C57H104O6/c1-4-7-10-13-16-19-22-24-26-28-29-31-32-35-38-41-44-47-50-56(59)62-53-54(52-61-55(58)49-46-43-40-37-34-21-18-15-12-9-6-3)63-57(60)51-48-45-42-39-36-33-30-27-25-23-20-17-14-11-8-5-2/h22,24,26,28-29,31,54H,4-21,23,25,27,30,32-53H2,1-3H3/b24-22-,28-26-,31-29-. The van der Waals surface area contributed by atoms with E-state index in [1.54, 1.807) is 0 Å². The van der Waals surface area contributed by atoms with Crippen LogP contribution in [0.5, 0.6) is 0 Å². The van der Waals surface area contributed by atoms with Gasteiger partial charge in [-0.2, -0.15) is 0 Å². The Kier molecular flexibility index (Phi) is 50.3. The summed E-state index contributed by atoms with van der Waals surface area (Å²) in [6.45, 7) is 6.63. The fraction of sp³-hybridized carbons (Fsp3) is 0.842. The highest BCUT2D eigenvalue weighted by Crippen LogP contribution is 2.16. The maximum absolute atomic E-state index is 12.8. The van der Waals surface area contributed by atoms with Crippen LogP contribution in [0.1, 0.15) is 290 Å². The number of carbonyl (C=O) groups is 3. The molecule has 0 fully saturated rings. The van der Waals surface area contributed by atoms with E-state index in [2.05, 4.69) is 57.2 Å². The highest BCUT2D eigenvalue weighted by Gasteiger charge is 2.19. The molecular formula is C57H104O6. The molecule has 0 saturated carbocycles. The normalized spacial score (nSPS) is 12.2. The van der Waals surface area contributed by atoms with Gasteiger partial charge in [0.2, 0.25) is 0 Å². The van der Waals surface area contributed by atoms with Crippen LogP contribution in [0.4, 0.5) is 0 Å². The molecule has 1 atom stereocenters. The van der Waals surface area contributed by atoms with Gasteiger partial charge in [-0.25, -0.2) is 0 Å². The molecule has 0 bridgehead atoms. The second kappa shape index (κ2) is 52.3. The van der Waals surface area contributed by atoms with Gasteiger partial charge in [0.05, 0.1) is 0 Å². The Balaban J connectivity index is 4.35. The predicted octanol–water partition coefficient (Wildman–Crippen LogP) is 18.1. The summed E-state index contributed by atoms with van der Waals surface area (Å²) in [7, 11) is 0. The summed E-state index contributed by atoms with van der Waals surface area (Å²) >= 11 is 0. The Morgan fingerprint density at radius 2 is 0.571 bits per heavy atom. The van der Waals surface area contributed by atoms with E-state index >= 15 is 0 Å². The highest BCUT2D eigenvalue weighted by atomic mass is 16.6. The van der Waals surface area contributed by atoms with Gasteiger partial charge in [0, 0.05) is 19.3 Å². The van der Waals surface area contributed by atoms with Gasteiger partial charge in [-0.1, -0.05) is 263 Å². The van der Waals surface area contributed by atoms with E-state index in [1.165, 1.54) is 173 Å². The maximum Gasteiger partial charge on any atom is 0.306 e. The number of carbonyl (C=O) groups excluding carboxylic acids is 3. The molecule has 0 spiro atoms. The average molecular weight is 885 g/mol. The minimum Gasteiger partial charge on any atom is -0.462 e. The summed E-state index contributed by atoms with van der Waals surface area (Å²) in [5, 5.41) is 0. The van der Waals surface area contributed by atoms with Crippen LogP contribution < -0.4 is 0 Å². The Labute approximate surface area is 391 Å². The molecule has 0 rings (SSSR count). The lowest BCUT2D eigenvalue weighted by molar-refractivity contribution is -0.167. The van der Waals surface area contributed by atoms with Crippen LogP contribution in [-0.2, 0) is 28.6 Å². The SMILES string of the molecule is CCCCCCC\C=C/C=C\C=C/CCCCCCCC(=O)OCC(COC(=O)CCCCCCCCCCCCC)OC(=O)CCCCCCCCCCCCCCCCCC. The van der Waals surface area contributed by atoms with Gasteiger partial charge >= 0.3 is 17.9 Å². The lowest BCUT2D eigenvalue weighted by atomic mass is 10.0. The van der Waals surface area contributed by atoms with E-state index in [0.717, 1.165) is 77.0 Å². The molecule has 0 N–H and O–H groups in total. The first-order valence-electron chi connectivity index (χ1n) is 27.5. The summed E-state index contributed by atoms with van der Waals surface area (Å²) in [5.41, 5.74) is 0. The van der Waals surface area contributed by atoms with Gasteiger partial charge in [0.1, 0.15) is 13.2 Å². The van der Waals surface area contributed by atoms with Crippen LogP contribution >= 0.6 is 0 Å². The summed E-state index contributed by atoms with van der Waals surface area (Å²) < 4.78 is 16.8. The van der Waals surface area contributed by atoms with Crippen molar-refractivity contribution in [2.24, 2.45) is 0 Å². The highest BCUT2D eigenvalue weighted by molar-refractivity contribution is 5.71. The molecule has 0 saturated heterocycles. The molecule has 0 aromatic carbocycles. The van der Waals surface area contributed by atoms with Crippen molar-refractivity contribution in [3.63, 3.8) is 0 Å². The molecular weight excluding hydrogens is 781 g/mol. The molecule has 0 aliphatic carbocycles. The molecule has 6 heteroatoms. The molecule has 0 heterocycles. The summed E-state index contributed by atoms with van der Waals surface area (Å²) in [6.07, 6.45) is 61.2. The van der Waals surface area contributed by atoms with Crippen LogP contribution in [0.15, 0.2) is 36.5 Å². The quantitative estimate of drug-likeness (QED) is 0.0262. The van der Waals surface area contributed by atoms with E-state index in [9.17, 15) is 14.4 Å². The van der Waals surface area contributed by atoms with Crippen molar-refractivity contribution in [3.05, 3.63) is 36.5 Å². The van der Waals surface area contributed by atoms with Crippen LogP contribution in [0, 0.1) is 0 Å². The summed E-state index contributed by atoms with van der Waals surface area (Å²) in [6, 6.07) is 0. The zero-order chi connectivity index (χ0) is 45.8. The zero-order valence-corrected chi connectivity index (χ0v) is 42.1. The first-order valence-corrected chi connectivity index (χ1v) is 27.5. The third-order valence-corrected chi connectivity index (χ3v) is 12.2. The number of esters is 3. The Morgan fingerprint density at radius 1 is 0.317 bits per heavy atom. The number of allylic oxidation sites excluding steroid dienone is 6. The molecule has 0 aliphatic heterocycles. The smallest absolute Gasteiger partial charge is 0.306 e. The van der Waals surface area contributed by atoms with Crippen LogP contribution in [0.25, 0.3) is 0 Å². The van der Waals surface area contributed by atoms with Gasteiger partial charge in [-0.05, 0) is 44.9 Å². The lowest BCUT2D eigenvalue weighted by Gasteiger charge is -2.18. The maximum atomic E-state index is 12.8. The predicted molar refractivity (Wildman–Crippen MR) is 270 cm³/mol. The molecule has 1 unspecified atom stereocenters. The van der Waals surface area contributed by atoms with E-state index in [0.29, 0.717) is 19.3 Å². The van der Waals surface area contributed by atoms with Gasteiger partial charge in [0.25, 0.3) is 0 Å². The molecule has 0 radical (unpaired) electrons. The van der Waals surface area contributed by atoms with Crippen LogP contribution in [0.3, 0.4) is 0 Å². The van der Waals surface area contributed by atoms with Crippen molar-refractivity contribution >= 4 is 17.9 Å². The number of hydrogen-bond acceptors (Lipinski definition) is 6. The van der Waals surface area contributed by atoms with Crippen molar-refractivity contribution in [2.75, 3.05) is 13.2 Å². The van der Waals surface area contributed by atoms with Crippen molar-refractivity contribution in [1.82, 2.24) is 0 Å². The van der Waals surface area contributed by atoms with Gasteiger partial charge in [0.15, 0.2) is 6.10 Å².